The van der Waals surface area contributed by atoms with Crippen molar-refractivity contribution < 1.29 is 4.79 Å². The molecular weight excluding hydrogens is 204 g/mol. The molecule has 0 spiro atoms. The number of aliphatic imine (C=N–C) groups is 1. The van der Waals surface area contributed by atoms with Crippen molar-refractivity contribution in [3.63, 3.8) is 0 Å². The summed E-state index contributed by atoms with van der Waals surface area (Å²) in [5, 5.41) is 0. The molecule has 0 aromatic heterocycles. The molecule has 0 fully saturated rings. The van der Waals surface area contributed by atoms with Crippen molar-refractivity contribution in [1.29, 1.82) is 0 Å². The zero-order valence-electron chi connectivity index (χ0n) is 10.7. The van der Waals surface area contributed by atoms with Crippen LogP contribution in [0, 0.1) is 0 Å². The standard InChI is InChI=1S/C11H22N4O/c1-13(2)8-9-15(11(16)14(3)4)10-6-5-7-12-10/h5-9H2,1-4H3. The molecule has 0 saturated heterocycles. The first-order valence-corrected chi connectivity index (χ1v) is 5.69. The molecule has 1 heterocycles. The highest BCUT2D eigenvalue weighted by Gasteiger charge is 2.22. The van der Waals surface area contributed by atoms with Crippen LogP contribution in [0.1, 0.15) is 12.8 Å². The van der Waals surface area contributed by atoms with Gasteiger partial charge in [0.1, 0.15) is 5.84 Å². The minimum Gasteiger partial charge on any atom is -0.330 e. The number of carbonyl (C=O) groups is 1. The molecule has 0 unspecified atom stereocenters. The van der Waals surface area contributed by atoms with Crippen molar-refractivity contribution in [2.24, 2.45) is 4.99 Å². The van der Waals surface area contributed by atoms with Crippen LogP contribution in [0.3, 0.4) is 0 Å². The van der Waals surface area contributed by atoms with E-state index >= 15 is 0 Å². The smallest absolute Gasteiger partial charge is 0.324 e. The second-order valence-corrected chi connectivity index (χ2v) is 4.53. The number of likely N-dealkylation sites (N-methyl/N-ethyl adjacent to an activating group) is 1. The number of hydrogen-bond donors (Lipinski definition) is 0. The summed E-state index contributed by atoms with van der Waals surface area (Å²) in [6.45, 7) is 2.43. The van der Waals surface area contributed by atoms with Gasteiger partial charge in [0.25, 0.3) is 0 Å². The van der Waals surface area contributed by atoms with Gasteiger partial charge in [-0.05, 0) is 20.5 Å². The third-order valence-corrected chi connectivity index (χ3v) is 2.55. The van der Waals surface area contributed by atoms with Gasteiger partial charge in [-0.15, -0.1) is 0 Å². The summed E-state index contributed by atoms with van der Waals surface area (Å²) in [5.41, 5.74) is 0. The molecular formula is C11H22N4O. The Bertz CT molecular complexity index is 273. The number of carbonyl (C=O) groups excluding carboxylic acids is 1. The second kappa shape index (κ2) is 5.84. The van der Waals surface area contributed by atoms with Crippen molar-refractivity contribution in [2.75, 3.05) is 47.8 Å². The third-order valence-electron chi connectivity index (χ3n) is 2.55. The Balaban J connectivity index is 2.64. The lowest BCUT2D eigenvalue weighted by Crippen LogP contribution is -2.45. The van der Waals surface area contributed by atoms with Crippen molar-refractivity contribution in [1.82, 2.24) is 14.7 Å². The molecule has 0 radical (unpaired) electrons. The van der Waals surface area contributed by atoms with Crippen molar-refractivity contribution in [3.8, 4) is 0 Å². The summed E-state index contributed by atoms with van der Waals surface area (Å²) in [5.74, 6) is 0.945. The lowest BCUT2D eigenvalue weighted by Gasteiger charge is -2.27. The minimum absolute atomic E-state index is 0.0301. The molecule has 92 valence electrons. The first-order chi connectivity index (χ1) is 7.52. The highest BCUT2D eigenvalue weighted by molar-refractivity contribution is 5.98. The van der Waals surface area contributed by atoms with E-state index in [0.29, 0.717) is 6.54 Å². The zero-order valence-corrected chi connectivity index (χ0v) is 10.7. The Morgan fingerprint density at radius 1 is 1.25 bits per heavy atom. The average Bonchev–Trinajstić information content (AvgIpc) is 2.70. The number of amides is 2. The van der Waals surface area contributed by atoms with Crippen molar-refractivity contribution in [2.45, 2.75) is 12.8 Å². The SMILES string of the molecule is CN(C)CCN(C(=O)N(C)C)C1=NCCC1. The molecule has 0 saturated carbocycles. The lowest BCUT2D eigenvalue weighted by atomic mass is 10.3. The van der Waals surface area contributed by atoms with Gasteiger partial charge in [-0.3, -0.25) is 9.89 Å². The minimum atomic E-state index is 0.0301. The lowest BCUT2D eigenvalue weighted by molar-refractivity contribution is 0.190. The first-order valence-electron chi connectivity index (χ1n) is 5.69. The number of nitrogens with zero attached hydrogens (tertiary/aromatic N) is 4. The highest BCUT2D eigenvalue weighted by Crippen LogP contribution is 2.10. The van der Waals surface area contributed by atoms with Crippen LogP contribution in [0.5, 0.6) is 0 Å². The molecule has 0 aromatic carbocycles. The third kappa shape index (κ3) is 3.48. The molecule has 1 aliphatic rings. The molecule has 1 aliphatic heterocycles. The highest BCUT2D eigenvalue weighted by atomic mass is 16.2. The summed E-state index contributed by atoms with van der Waals surface area (Å²) in [4.78, 5) is 21.9. The predicted molar refractivity (Wildman–Crippen MR) is 65.9 cm³/mol. The Hall–Kier alpha value is -1.10. The van der Waals surface area contributed by atoms with Crippen LogP contribution >= 0.6 is 0 Å². The Morgan fingerprint density at radius 2 is 1.94 bits per heavy atom. The predicted octanol–water partition coefficient (Wildman–Crippen LogP) is 0.724. The van der Waals surface area contributed by atoms with E-state index in [2.05, 4.69) is 9.89 Å². The van der Waals surface area contributed by atoms with Crippen LogP contribution in [0.4, 0.5) is 4.79 Å². The number of hydrogen-bond acceptors (Lipinski definition) is 3. The maximum atomic E-state index is 12.0. The fourth-order valence-electron chi connectivity index (χ4n) is 1.62. The number of rotatable bonds is 3. The van der Waals surface area contributed by atoms with E-state index in [1.807, 2.05) is 14.1 Å². The summed E-state index contributed by atoms with van der Waals surface area (Å²) in [7, 11) is 7.57. The van der Waals surface area contributed by atoms with Gasteiger partial charge in [-0.1, -0.05) is 0 Å². The normalized spacial score (nSPS) is 15.2. The van der Waals surface area contributed by atoms with Crippen LogP contribution in [0.2, 0.25) is 0 Å². The maximum absolute atomic E-state index is 12.0. The van der Waals surface area contributed by atoms with Gasteiger partial charge < -0.3 is 9.80 Å². The number of amidine groups is 1. The van der Waals surface area contributed by atoms with Crippen LogP contribution in [-0.4, -0.2) is 74.4 Å². The van der Waals surface area contributed by atoms with Gasteiger partial charge in [0.15, 0.2) is 0 Å². The maximum Gasteiger partial charge on any atom is 0.324 e. The van der Waals surface area contributed by atoms with E-state index in [0.717, 1.165) is 31.8 Å². The fourth-order valence-corrected chi connectivity index (χ4v) is 1.62. The molecule has 0 aliphatic carbocycles. The van der Waals surface area contributed by atoms with Gasteiger partial charge in [-0.2, -0.15) is 0 Å². The quantitative estimate of drug-likeness (QED) is 0.711. The van der Waals surface area contributed by atoms with Gasteiger partial charge in [0.2, 0.25) is 0 Å². The monoisotopic (exact) mass is 226 g/mol. The van der Waals surface area contributed by atoms with Crippen LogP contribution in [-0.2, 0) is 0 Å². The van der Waals surface area contributed by atoms with E-state index in [1.165, 1.54) is 0 Å². The van der Waals surface area contributed by atoms with Gasteiger partial charge in [-0.25, -0.2) is 4.79 Å². The molecule has 0 N–H and O–H groups in total. The molecule has 2 amide bonds. The largest absolute Gasteiger partial charge is 0.330 e. The molecule has 5 nitrogen and oxygen atoms in total. The summed E-state index contributed by atoms with van der Waals surface area (Å²) in [6.07, 6.45) is 1.99. The average molecular weight is 226 g/mol. The zero-order chi connectivity index (χ0) is 12.1. The molecule has 0 aromatic rings. The van der Waals surface area contributed by atoms with Gasteiger partial charge >= 0.3 is 6.03 Å². The van der Waals surface area contributed by atoms with Gasteiger partial charge in [0.05, 0.1) is 0 Å². The van der Waals surface area contributed by atoms with E-state index in [9.17, 15) is 4.79 Å². The summed E-state index contributed by atoms with van der Waals surface area (Å²) < 4.78 is 0. The Kier molecular flexibility index (Phi) is 4.73. The molecule has 0 atom stereocenters. The molecule has 5 heteroatoms. The first kappa shape index (κ1) is 13.0. The van der Waals surface area contributed by atoms with Crippen molar-refractivity contribution in [3.05, 3.63) is 0 Å². The summed E-state index contributed by atoms with van der Waals surface area (Å²) >= 11 is 0. The number of urea groups is 1. The van der Waals surface area contributed by atoms with Crippen molar-refractivity contribution >= 4 is 11.9 Å². The Labute approximate surface area is 97.7 Å². The van der Waals surface area contributed by atoms with Crippen LogP contribution in [0.25, 0.3) is 0 Å². The van der Waals surface area contributed by atoms with E-state index in [-0.39, 0.29) is 6.03 Å². The van der Waals surface area contributed by atoms with E-state index in [1.54, 1.807) is 23.9 Å². The van der Waals surface area contributed by atoms with E-state index in [4.69, 9.17) is 0 Å². The topological polar surface area (TPSA) is 39.1 Å². The molecule has 1 rings (SSSR count). The molecule has 0 bridgehead atoms. The fraction of sp³-hybridized carbons (Fsp3) is 0.818. The molecule has 16 heavy (non-hydrogen) atoms. The second-order valence-electron chi connectivity index (χ2n) is 4.53. The van der Waals surface area contributed by atoms with Crippen LogP contribution in [0.15, 0.2) is 4.99 Å². The van der Waals surface area contributed by atoms with E-state index < -0.39 is 0 Å². The summed E-state index contributed by atoms with van der Waals surface area (Å²) in [6, 6.07) is 0.0301. The van der Waals surface area contributed by atoms with Gasteiger partial charge in [0, 0.05) is 40.2 Å². The van der Waals surface area contributed by atoms with Crippen LogP contribution < -0.4 is 0 Å². The Morgan fingerprint density at radius 3 is 2.38 bits per heavy atom.